The van der Waals surface area contributed by atoms with E-state index in [1.54, 1.807) is 12.3 Å². The van der Waals surface area contributed by atoms with E-state index in [4.69, 9.17) is 28.3 Å². The zero-order valence-corrected chi connectivity index (χ0v) is 8.59. The summed E-state index contributed by atoms with van der Waals surface area (Å²) in [6.07, 6.45) is 2.25. The molecule has 0 saturated heterocycles. The van der Waals surface area contributed by atoms with Crippen LogP contribution in [0, 0.1) is 5.92 Å². The summed E-state index contributed by atoms with van der Waals surface area (Å²) in [5.41, 5.74) is 0.854. The van der Waals surface area contributed by atoms with Crippen LogP contribution in [0.25, 0.3) is 0 Å². The lowest BCUT2D eigenvalue weighted by Gasteiger charge is -1.99. The summed E-state index contributed by atoms with van der Waals surface area (Å²) in [4.78, 5) is 14.5. The third kappa shape index (κ3) is 1.70. The minimum Gasteiger partial charge on any atom is -0.481 e. The Bertz CT molecular complexity index is 394. The minimum absolute atomic E-state index is 0.0507. The molecule has 1 heterocycles. The van der Waals surface area contributed by atoms with Crippen molar-refractivity contribution in [2.45, 2.75) is 12.3 Å². The molecule has 3 nitrogen and oxygen atoms in total. The van der Waals surface area contributed by atoms with Crippen LogP contribution < -0.4 is 0 Å². The summed E-state index contributed by atoms with van der Waals surface area (Å²) in [5.74, 6) is -0.995. The van der Waals surface area contributed by atoms with Gasteiger partial charge in [-0.05, 0) is 24.0 Å². The lowest BCUT2D eigenvalue weighted by Crippen LogP contribution is -1.99. The van der Waals surface area contributed by atoms with E-state index in [0.29, 0.717) is 11.4 Å². The molecule has 1 aromatic rings. The van der Waals surface area contributed by atoms with Gasteiger partial charge in [0.25, 0.3) is 0 Å². The first-order valence-corrected chi connectivity index (χ1v) is 4.89. The molecule has 1 fully saturated rings. The Hall–Kier alpha value is -0.800. The molecule has 5 heteroatoms. The Labute approximate surface area is 90.7 Å². The van der Waals surface area contributed by atoms with Crippen LogP contribution in [0.1, 0.15) is 17.9 Å². The maximum Gasteiger partial charge on any atom is 0.307 e. The number of halogens is 2. The number of carboxylic acids is 1. The monoisotopic (exact) mass is 231 g/mol. The van der Waals surface area contributed by atoms with Crippen LogP contribution in [0.15, 0.2) is 12.3 Å². The highest BCUT2D eigenvalue weighted by molar-refractivity contribution is 6.41. The Kier molecular flexibility index (Phi) is 2.37. The average Bonchev–Trinajstić information content (AvgIpc) is 2.89. The van der Waals surface area contributed by atoms with Crippen LogP contribution in [0.3, 0.4) is 0 Å². The van der Waals surface area contributed by atoms with Crippen LogP contribution in [-0.4, -0.2) is 16.1 Å². The van der Waals surface area contributed by atoms with Crippen LogP contribution in [-0.2, 0) is 4.79 Å². The lowest BCUT2D eigenvalue weighted by molar-refractivity contribution is -0.138. The first-order chi connectivity index (χ1) is 6.59. The zero-order chi connectivity index (χ0) is 10.3. The van der Waals surface area contributed by atoms with Crippen molar-refractivity contribution >= 4 is 29.2 Å². The molecule has 14 heavy (non-hydrogen) atoms. The largest absolute Gasteiger partial charge is 0.481 e. The number of carbonyl (C=O) groups is 1. The molecule has 2 atom stereocenters. The molecule has 1 aliphatic carbocycles. The van der Waals surface area contributed by atoms with Gasteiger partial charge in [0.15, 0.2) is 0 Å². The average molecular weight is 232 g/mol. The van der Waals surface area contributed by atoms with Gasteiger partial charge in [0.05, 0.1) is 10.9 Å². The van der Waals surface area contributed by atoms with E-state index in [2.05, 4.69) is 4.98 Å². The molecular formula is C9H7Cl2NO2. The summed E-state index contributed by atoms with van der Waals surface area (Å²) in [5, 5.41) is 9.36. The van der Waals surface area contributed by atoms with Gasteiger partial charge in [-0.15, -0.1) is 0 Å². The molecule has 0 bridgehead atoms. The maximum absolute atomic E-state index is 10.6. The molecule has 0 spiro atoms. The van der Waals surface area contributed by atoms with Gasteiger partial charge in [0.1, 0.15) is 5.15 Å². The fourth-order valence-corrected chi connectivity index (χ4v) is 1.75. The van der Waals surface area contributed by atoms with Crippen molar-refractivity contribution < 1.29 is 9.90 Å². The van der Waals surface area contributed by atoms with Crippen LogP contribution in [0.4, 0.5) is 0 Å². The summed E-state index contributed by atoms with van der Waals surface area (Å²) in [6, 6.07) is 1.69. The molecule has 0 aromatic carbocycles. The van der Waals surface area contributed by atoms with Crippen molar-refractivity contribution in [1.82, 2.24) is 4.98 Å². The number of hydrogen-bond acceptors (Lipinski definition) is 2. The van der Waals surface area contributed by atoms with E-state index in [9.17, 15) is 4.79 Å². The van der Waals surface area contributed by atoms with Crippen molar-refractivity contribution in [3.8, 4) is 0 Å². The fraction of sp³-hybridized carbons (Fsp3) is 0.333. The molecule has 1 N–H and O–H groups in total. The van der Waals surface area contributed by atoms with E-state index >= 15 is 0 Å². The summed E-state index contributed by atoms with van der Waals surface area (Å²) < 4.78 is 0. The third-order valence-corrected chi connectivity index (χ3v) is 3.04. The highest BCUT2D eigenvalue weighted by atomic mass is 35.5. The first-order valence-electron chi connectivity index (χ1n) is 4.13. The number of hydrogen-bond donors (Lipinski definition) is 1. The van der Waals surface area contributed by atoms with Gasteiger partial charge in [-0.25, -0.2) is 4.98 Å². The molecule has 0 amide bonds. The van der Waals surface area contributed by atoms with Crippen LogP contribution in [0.2, 0.25) is 10.2 Å². The topological polar surface area (TPSA) is 50.2 Å². The van der Waals surface area contributed by atoms with Crippen LogP contribution >= 0.6 is 23.2 Å². The second kappa shape index (κ2) is 3.41. The molecule has 74 valence electrons. The zero-order valence-electron chi connectivity index (χ0n) is 7.08. The highest BCUT2D eigenvalue weighted by Crippen LogP contribution is 2.48. The van der Waals surface area contributed by atoms with Gasteiger partial charge in [0, 0.05) is 6.20 Å². The predicted octanol–water partition coefficient (Wildman–Crippen LogP) is 2.58. The van der Waals surface area contributed by atoms with Gasteiger partial charge in [-0.1, -0.05) is 23.2 Å². The third-order valence-electron chi connectivity index (χ3n) is 2.35. The fourth-order valence-electron chi connectivity index (χ4n) is 1.48. The SMILES string of the molecule is O=C(O)C1CC1c1cnc(Cl)c(Cl)c1. The van der Waals surface area contributed by atoms with Gasteiger partial charge in [-0.2, -0.15) is 0 Å². The second-order valence-corrected chi connectivity index (χ2v) is 4.09. The van der Waals surface area contributed by atoms with E-state index in [-0.39, 0.29) is 17.0 Å². The van der Waals surface area contributed by atoms with Gasteiger partial charge in [0.2, 0.25) is 0 Å². The number of carboxylic acid groups (broad SMARTS) is 1. The van der Waals surface area contributed by atoms with Gasteiger partial charge in [-0.3, -0.25) is 4.79 Å². The Morgan fingerprint density at radius 2 is 2.29 bits per heavy atom. The molecule has 2 rings (SSSR count). The van der Waals surface area contributed by atoms with Gasteiger partial charge < -0.3 is 5.11 Å². The van der Waals surface area contributed by atoms with Crippen LogP contribution in [0.5, 0.6) is 0 Å². The number of aromatic nitrogens is 1. The van der Waals surface area contributed by atoms with E-state index in [0.717, 1.165) is 5.56 Å². The van der Waals surface area contributed by atoms with Gasteiger partial charge >= 0.3 is 5.97 Å². The summed E-state index contributed by atoms with van der Waals surface area (Å²) >= 11 is 11.4. The summed E-state index contributed by atoms with van der Waals surface area (Å²) in [7, 11) is 0. The summed E-state index contributed by atoms with van der Waals surface area (Å²) in [6.45, 7) is 0. The molecule has 0 aliphatic heterocycles. The second-order valence-electron chi connectivity index (χ2n) is 3.33. The number of aliphatic carboxylic acids is 1. The number of pyridine rings is 1. The molecular weight excluding hydrogens is 225 g/mol. The highest BCUT2D eigenvalue weighted by Gasteiger charge is 2.44. The number of rotatable bonds is 2. The first kappa shape index (κ1) is 9.74. The van der Waals surface area contributed by atoms with E-state index in [1.807, 2.05) is 0 Å². The Balaban J connectivity index is 2.20. The maximum atomic E-state index is 10.6. The molecule has 1 aromatic heterocycles. The van der Waals surface area contributed by atoms with Crippen molar-refractivity contribution in [1.29, 1.82) is 0 Å². The quantitative estimate of drug-likeness (QED) is 0.797. The van der Waals surface area contributed by atoms with Crippen molar-refractivity contribution in [2.24, 2.45) is 5.92 Å². The number of nitrogens with zero attached hydrogens (tertiary/aromatic N) is 1. The normalized spacial score (nSPS) is 24.7. The van der Waals surface area contributed by atoms with Crippen molar-refractivity contribution in [3.63, 3.8) is 0 Å². The minimum atomic E-state index is -0.763. The van der Waals surface area contributed by atoms with Crippen molar-refractivity contribution in [3.05, 3.63) is 28.0 Å². The smallest absolute Gasteiger partial charge is 0.307 e. The van der Waals surface area contributed by atoms with E-state index in [1.165, 1.54) is 0 Å². The standard InChI is InChI=1S/C9H7Cl2NO2/c10-7-1-4(3-12-8(7)11)5-2-6(5)9(13)14/h1,3,5-6H,2H2,(H,13,14). The lowest BCUT2D eigenvalue weighted by atomic mass is 10.1. The molecule has 1 aliphatic rings. The van der Waals surface area contributed by atoms with E-state index < -0.39 is 5.97 Å². The predicted molar refractivity (Wildman–Crippen MR) is 52.7 cm³/mol. The Morgan fingerprint density at radius 3 is 2.79 bits per heavy atom. The molecule has 0 radical (unpaired) electrons. The molecule has 1 saturated carbocycles. The Morgan fingerprint density at radius 1 is 1.57 bits per heavy atom. The molecule has 2 unspecified atom stereocenters. The van der Waals surface area contributed by atoms with Crippen molar-refractivity contribution in [2.75, 3.05) is 0 Å².